The molecule has 0 saturated carbocycles. The van der Waals surface area contributed by atoms with Gasteiger partial charge in [-0.1, -0.05) is 0 Å². The van der Waals surface area contributed by atoms with Crippen LogP contribution in [0, 0.1) is 0 Å². The molecule has 0 aromatic heterocycles. The minimum absolute atomic E-state index is 0.921. The Hall–Kier alpha value is -0.680. The summed E-state index contributed by atoms with van der Waals surface area (Å²) in [4.78, 5) is 63.8. The van der Waals surface area contributed by atoms with Crippen molar-refractivity contribution in [2.45, 2.75) is 49.5 Å². The number of Topliss-reactive ketones (excluding diaryl/α,β-unsaturated/α-hetero) is 2. The average molecular weight is 482 g/mol. The van der Waals surface area contributed by atoms with Crippen molar-refractivity contribution in [1.29, 1.82) is 0 Å². The van der Waals surface area contributed by atoms with Crippen LogP contribution >= 0.6 is 15.6 Å². The van der Waals surface area contributed by atoms with Gasteiger partial charge in [0.2, 0.25) is 0 Å². The van der Waals surface area contributed by atoms with Crippen LogP contribution in [-0.2, 0) is 27.8 Å². The second-order valence-corrected chi connectivity index (χ2v) is 8.31. The first-order valence-electron chi connectivity index (χ1n) is 7.91. The molecule has 178 valence electrons. The molecule has 0 amide bonds. The second-order valence-electron chi connectivity index (χ2n) is 6.00. The van der Waals surface area contributed by atoms with Crippen LogP contribution in [0.1, 0.15) is 12.8 Å². The molecule has 0 aromatic carbocycles. The first-order valence-corrected chi connectivity index (χ1v) is 10.8. The van der Waals surface area contributed by atoms with Crippen molar-refractivity contribution >= 4 is 27.2 Å². The molecule has 18 heteroatoms. The highest BCUT2D eigenvalue weighted by molar-refractivity contribution is 7.43. The molecular formula is C12H20O16P2-4. The predicted octanol–water partition coefficient (Wildman–Crippen LogP) is -7.24. The van der Waals surface area contributed by atoms with E-state index in [4.69, 9.17) is 0 Å². The molecule has 0 bridgehead atoms. The molecule has 0 rings (SSSR count). The Morgan fingerprint density at radius 3 is 1.13 bits per heavy atom. The number of hydrogen-bond acceptors (Lipinski definition) is 16. The Morgan fingerprint density at radius 1 is 0.633 bits per heavy atom. The van der Waals surface area contributed by atoms with Gasteiger partial charge in [0.05, 0.1) is 40.1 Å². The summed E-state index contributed by atoms with van der Waals surface area (Å²) in [6.45, 7) is -2.79. The zero-order valence-corrected chi connectivity index (χ0v) is 16.7. The van der Waals surface area contributed by atoms with Gasteiger partial charge in [-0.15, -0.1) is 0 Å². The van der Waals surface area contributed by atoms with E-state index >= 15 is 0 Å². The Kier molecular flexibility index (Phi) is 12.1. The third-order valence-corrected chi connectivity index (χ3v) is 4.42. The highest BCUT2D eigenvalue weighted by atomic mass is 31.2. The normalized spacial score (nSPS) is 18.9. The van der Waals surface area contributed by atoms with Crippen LogP contribution in [0.3, 0.4) is 0 Å². The van der Waals surface area contributed by atoms with E-state index in [2.05, 4.69) is 9.05 Å². The van der Waals surface area contributed by atoms with Gasteiger partial charge in [0.25, 0.3) is 0 Å². The first kappa shape index (κ1) is 29.3. The molecule has 0 aliphatic carbocycles. The topological polar surface area (TPSA) is 300 Å². The highest BCUT2D eigenvalue weighted by Gasteiger charge is 2.32. The van der Waals surface area contributed by atoms with Gasteiger partial charge in [0.1, 0.15) is 25.4 Å². The van der Waals surface area contributed by atoms with E-state index in [1.807, 2.05) is 0 Å². The Morgan fingerprint density at radius 2 is 0.900 bits per heavy atom. The zero-order chi connectivity index (χ0) is 23.9. The molecule has 6 N–H and O–H groups in total. The van der Waals surface area contributed by atoms with Crippen LogP contribution in [-0.4, -0.2) is 92.0 Å². The summed E-state index contributed by atoms with van der Waals surface area (Å²) in [6, 6.07) is 0. The molecule has 0 spiro atoms. The Bertz CT molecular complexity index is 601. The van der Waals surface area contributed by atoms with Crippen molar-refractivity contribution < 1.29 is 78.0 Å². The summed E-state index contributed by atoms with van der Waals surface area (Å²) in [5, 5.41) is 57.7. The summed E-state index contributed by atoms with van der Waals surface area (Å²) in [6.07, 6.45) is -14.5. The van der Waals surface area contributed by atoms with Crippen molar-refractivity contribution in [1.82, 2.24) is 0 Å². The predicted molar refractivity (Wildman–Crippen MR) is 82.4 cm³/mol. The third kappa shape index (κ3) is 12.2. The van der Waals surface area contributed by atoms with E-state index in [1.165, 1.54) is 0 Å². The fourth-order valence-electron chi connectivity index (χ4n) is 1.95. The van der Waals surface area contributed by atoms with E-state index in [9.17, 15) is 68.9 Å². The number of aliphatic hydroxyl groups excluding tert-OH is 6. The van der Waals surface area contributed by atoms with Gasteiger partial charge < -0.3 is 68.4 Å². The number of phosphoric ester groups is 2. The van der Waals surface area contributed by atoms with Gasteiger partial charge >= 0.3 is 0 Å². The molecule has 0 aliphatic rings. The van der Waals surface area contributed by atoms with Gasteiger partial charge in [-0.2, -0.15) is 0 Å². The molecule has 0 radical (unpaired) electrons. The minimum Gasteiger partial charge on any atom is -0.790 e. The molecule has 0 aromatic rings. The second kappa shape index (κ2) is 12.4. The largest absolute Gasteiger partial charge is 0.790 e. The van der Waals surface area contributed by atoms with Crippen LogP contribution in [0.4, 0.5) is 0 Å². The number of aliphatic hydroxyl groups is 6. The number of carbonyl (C=O) groups is 2. The lowest BCUT2D eigenvalue weighted by Gasteiger charge is -2.29. The standard InChI is InChI=1S/C12H24O16P2/c13-5(1-7(15)11(19)9(17)3-27-29(21,22)23)6(14)2-8(16)12(20)10(18)4-28-30(24,25)26/h5-8,11-16,19-20H,1-4H2,(H2,21,22,23)(H2,24,25,26)/p-4. The Labute approximate surface area is 168 Å². The third-order valence-electron chi connectivity index (χ3n) is 3.53. The lowest BCUT2D eigenvalue weighted by atomic mass is 9.95. The van der Waals surface area contributed by atoms with Crippen molar-refractivity contribution in [2.24, 2.45) is 0 Å². The van der Waals surface area contributed by atoms with Crippen LogP contribution in [0.5, 0.6) is 0 Å². The number of carbonyl (C=O) groups excluding carboxylic acids is 2. The van der Waals surface area contributed by atoms with Crippen LogP contribution in [0.25, 0.3) is 0 Å². The zero-order valence-electron chi connectivity index (χ0n) is 15.0. The first-order chi connectivity index (χ1) is 13.4. The maximum atomic E-state index is 11.4. The summed E-state index contributed by atoms with van der Waals surface area (Å²) in [5.74, 6) is -2.88. The highest BCUT2D eigenvalue weighted by Crippen LogP contribution is 2.25. The summed E-state index contributed by atoms with van der Waals surface area (Å²) >= 11 is 0. The van der Waals surface area contributed by atoms with Crippen LogP contribution in [0.2, 0.25) is 0 Å². The molecule has 30 heavy (non-hydrogen) atoms. The van der Waals surface area contributed by atoms with Crippen LogP contribution in [0.15, 0.2) is 0 Å². The molecule has 6 atom stereocenters. The summed E-state index contributed by atoms with van der Waals surface area (Å²) < 4.78 is 27.7. The fraction of sp³-hybridized carbons (Fsp3) is 0.833. The van der Waals surface area contributed by atoms with E-state index < -0.39 is 89.9 Å². The molecular weight excluding hydrogens is 462 g/mol. The molecule has 0 saturated heterocycles. The van der Waals surface area contributed by atoms with Crippen LogP contribution < -0.4 is 19.6 Å². The van der Waals surface area contributed by atoms with E-state index in [0.717, 1.165) is 0 Å². The molecule has 16 nitrogen and oxygen atoms in total. The van der Waals surface area contributed by atoms with Crippen molar-refractivity contribution in [3.63, 3.8) is 0 Å². The van der Waals surface area contributed by atoms with E-state index in [0.29, 0.717) is 0 Å². The number of ketones is 2. The van der Waals surface area contributed by atoms with Crippen molar-refractivity contribution in [3.05, 3.63) is 0 Å². The number of phosphoric acid groups is 2. The summed E-state index contributed by atoms with van der Waals surface area (Å²) in [5.41, 5.74) is 0. The quantitative estimate of drug-likeness (QED) is 0.118. The van der Waals surface area contributed by atoms with Gasteiger partial charge in [0, 0.05) is 12.8 Å². The molecule has 0 fully saturated rings. The lowest BCUT2D eigenvalue weighted by molar-refractivity contribution is -0.343. The van der Waals surface area contributed by atoms with E-state index in [-0.39, 0.29) is 0 Å². The lowest BCUT2D eigenvalue weighted by Crippen LogP contribution is -2.44. The van der Waals surface area contributed by atoms with Crippen molar-refractivity contribution in [2.75, 3.05) is 13.2 Å². The Balaban J connectivity index is 4.61. The molecule has 0 heterocycles. The monoisotopic (exact) mass is 482 g/mol. The molecule has 0 aliphatic heterocycles. The average Bonchev–Trinajstić information content (AvgIpc) is 2.61. The van der Waals surface area contributed by atoms with Gasteiger partial charge in [-0.25, -0.2) is 0 Å². The SMILES string of the molecule is O=C(COP(=O)([O-])[O-])C(O)C(O)CC(O)C(O)CC(O)C(O)C(=O)COP(=O)([O-])[O-]. The maximum absolute atomic E-state index is 11.4. The number of hydrogen-bond donors (Lipinski definition) is 6. The van der Waals surface area contributed by atoms with E-state index in [1.54, 1.807) is 0 Å². The number of rotatable bonds is 15. The van der Waals surface area contributed by atoms with Crippen molar-refractivity contribution in [3.8, 4) is 0 Å². The van der Waals surface area contributed by atoms with Gasteiger partial charge in [0.15, 0.2) is 11.6 Å². The minimum atomic E-state index is -5.52. The summed E-state index contributed by atoms with van der Waals surface area (Å²) in [7, 11) is -11.0. The fourth-order valence-corrected chi connectivity index (χ4v) is 2.52. The molecule has 6 unspecified atom stereocenters. The van der Waals surface area contributed by atoms with Gasteiger partial charge in [-0.3, -0.25) is 9.59 Å². The van der Waals surface area contributed by atoms with Gasteiger partial charge in [-0.05, 0) is 0 Å². The smallest absolute Gasteiger partial charge is 0.189 e. The maximum Gasteiger partial charge on any atom is 0.189 e.